The summed E-state index contributed by atoms with van der Waals surface area (Å²) in [6.07, 6.45) is 0. The first-order valence-corrected chi connectivity index (χ1v) is 11.8. The number of carbonyl (C=O) groups excluding carboxylic acids is 2. The molecule has 9 heteroatoms. The van der Waals surface area contributed by atoms with Gasteiger partial charge in [0.25, 0.3) is 10.8 Å². The van der Waals surface area contributed by atoms with Crippen LogP contribution in [0.2, 0.25) is 0 Å². The van der Waals surface area contributed by atoms with Gasteiger partial charge in [-0.2, -0.15) is 0 Å². The van der Waals surface area contributed by atoms with Gasteiger partial charge in [0.05, 0.1) is 12.2 Å². The van der Waals surface area contributed by atoms with Crippen molar-refractivity contribution in [1.82, 2.24) is 0 Å². The molecule has 1 spiro atoms. The number of nitrogens with zero attached hydrogens (tertiary/aromatic N) is 2. The molecule has 2 aliphatic heterocycles. The molecule has 168 valence electrons. The predicted molar refractivity (Wildman–Crippen MR) is 118 cm³/mol. The van der Waals surface area contributed by atoms with Crippen molar-refractivity contribution in [2.75, 3.05) is 15.6 Å². The third-order valence-electron chi connectivity index (χ3n) is 6.01. The number of carbonyl (C=O) groups is 2. The number of halogens is 2. The molecule has 1 saturated heterocycles. The van der Waals surface area contributed by atoms with Crippen molar-refractivity contribution in [3.8, 4) is 0 Å². The number of para-hydroxylation sites is 1. The van der Waals surface area contributed by atoms with Crippen molar-refractivity contribution in [2.45, 2.75) is 18.3 Å². The van der Waals surface area contributed by atoms with Crippen LogP contribution in [0.3, 0.4) is 0 Å². The van der Waals surface area contributed by atoms with E-state index in [9.17, 15) is 26.8 Å². The number of hydrogen-bond acceptors (Lipinski definition) is 4. The zero-order valence-corrected chi connectivity index (χ0v) is 18.3. The van der Waals surface area contributed by atoms with Gasteiger partial charge in [-0.15, -0.1) is 0 Å². The van der Waals surface area contributed by atoms with E-state index in [-0.39, 0.29) is 17.8 Å². The number of aryl methyl sites for hydroxylation is 1. The number of fused-ring (bicyclic) bond motifs is 2. The smallest absolute Gasteiger partial charge is 0.274 e. The summed E-state index contributed by atoms with van der Waals surface area (Å²) in [5.74, 6) is -5.05. The molecule has 1 fully saturated rings. The molecule has 2 aliphatic rings. The lowest BCUT2D eigenvalue weighted by atomic mass is 10.0. The highest BCUT2D eigenvalue weighted by Crippen LogP contribution is 2.52. The largest absolute Gasteiger partial charge is 0.304 e. The summed E-state index contributed by atoms with van der Waals surface area (Å²) < 4.78 is 54.6. The van der Waals surface area contributed by atoms with Crippen LogP contribution in [-0.4, -0.2) is 26.0 Å². The minimum Gasteiger partial charge on any atom is -0.304 e. The molecule has 2 amide bonds. The quantitative estimate of drug-likeness (QED) is 0.590. The molecular formula is C24H18F2N2O4S. The van der Waals surface area contributed by atoms with E-state index in [0.29, 0.717) is 5.69 Å². The number of benzene rings is 3. The number of rotatable bonds is 3. The molecule has 2 heterocycles. The molecule has 0 aromatic heterocycles. The Morgan fingerprint density at radius 3 is 2.42 bits per heavy atom. The molecule has 0 aliphatic carbocycles. The second-order valence-corrected chi connectivity index (χ2v) is 10.2. The van der Waals surface area contributed by atoms with Gasteiger partial charge >= 0.3 is 0 Å². The Bertz CT molecular complexity index is 1440. The molecule has 0 N–H and O–H groups in total. The molecule has 1 unspecified atom stereocenters. The van der Waals surface area contributed by atoms with Gasteiger partial charge in [-0.25, -0.2) is 17.2 Å². The van der Waals surface area contributed by atoms with Crippen molar-refractivity contribution in [3.05, 3.63) is 95.1 Å². The minimum atomic E-state index is -4.38. The summed E-state index contributed by atoms with van der Waals surface area (Å²) in [7, 11) is -4.38. The molecule has 6 nitrogen and oxygen atoms in total. The molecule has 3 aromatic carbocycles. The summed E-state index contributed by atoms with van der Waals surface area (Å²) in [5, 5.41) is 0. The second kappa shape index (κ2) is 7.21. The van der Waals surface area contributed by atoms with Gasteiger partial charge in [0, 0.05) is 17.3 Å². The molecule has 1 atom stereocenters. The van der Waals surface area contributed by atoms with Gasteiger partial charge < -0.3 is 4.90 Å². The fourth-order valence-corrected chi connectivity index (χ4v) is 6.70. The zero-order valence-electron chi connectivity index (χ0n) is 17.5. The Morgan fingerprint density at radius 1 is 0.939 bits per heavy atom. The summed E-state index contributed by atoms with van der Waals surface area (Å²) in [4.78, 5) is 26.7. The summed E-state index contributed by atoms with van der Waals surface area (Å²) in [6, 6.07) is 16.4. The monoisotopic (exact) mass is 468 g/mol. The molecular weight excluding hydrogens is 450 g/mol. The summed E-state index contributed by atoms with van der Waals surface area (Å²) in [6.45, 7) is 1.98. The summed E-state index contributed by atoms with van der Waals surface area (Å²) in [5.41, 5.74) is 1.99. The van der Waals surface area contributed by atoms with Gasteiger partial charge in [0.1, 0.15) is 5.75 Å². The maximum Gasteiger partial charge on any atom is 0.274 e. The van der Waals surface area contributed by atoms with Crippen LogP contribution in [-0.2, 0) is 30.8 Å². The van der Waals surface area contributed by atoms with Gasteiger partial charge in [-0.3, -0.25) is 14.5 Å². The van der Waals surface area contributed by atoms with Crippen LogP contribution in [0.15, 0.2) is 66.7 Å². The maximum atomic E-state index is 14.1. The van der Waals surface area contributed by atoms with Gasteiger partial charge in [0.15, 0.2) is 21.5 Å². The lowest BCUT2D eigenvalue weighted by molar-refractivity contribution is -0.123. The standard InChI is InChI=1S/C24H18F2N2O4S/c1-15-5-4-6-16(11-15)13-27-21-8-3-2-7-18(21)24(23(27)30)28(22(29)14-33(24,31)32)17-9-10-19(25)20(26)12-17/h2-12H,13-14H2,1H3. The highest BCUT2D eigenvalue weighted by molar-refractivity contribution is 7.94. The van der Waals surface area contributed by atoms with Crippen molar-refractivity contribution >= 4 is 33.0 Å². The van der Waals surface area contributed by atoms with Crippen LogP contribution < -0.4 is 9.80 Å². The van der Waals surface area contributed by atoms with Crippen molar-refractivity contribution in [1.29, 1.82) is 0 Å². The first-order valence-electron chi connectivity index (χ1n) is 10.1. The van der Waals surface area contributed by atoms with E-state index in [1.807, 2.05) is 31.2 Å². The highest BCUT2D eigenvalue weighted by Gasteiger charge is 2.69. The Kier molecular flexibility index (Phi) is 4.65. The minimum absolute atomic E-state index is 0.0780. The van der Waals surface area contributed by atoms with Gasteiger partial charge in [0.2, 0.25) is 5.91 Å². The van der Waals surface area contributed by atoms with Gasteiger partial charge in [-0.1, -0.05) is 48.0 Å². The fraction of sp³-hybridized carbons (Fsp3) is 0.167. The molecule has 5 rings (SSSR count). The summed E-state index contributed by atoms with van der Waals surface area (Å²) >= 11 is 0. The first kappa shape index (κ1) is 21.3. The number of hydrogen-bond donors (Lipinski definition) is 0. The van der Waals surface area contributed by atoms with Crippen LogP contribution in [0.25, 0.3) is 0 Å². The number of amides is 2. The lowest BCUT2D eigenvalue weighted by Gasteiger charge is -2.32. The van der Waals surface area contributed by atoms with Crippen LogP contribution in [0.5, 0.6) is 0 Å². The van der Waals surface area contributed by atoms with Crippen molar-refractivity contribution in [2.24, 2.45) is 0 Å². The van der Waals surface area contributed by atoms with E-state index >= 15 is 0 Å². The van der Waals surface area contributed by atoms with Crippen molar-refractivity contribution in [3.63, 3.8) is 0 Å². The van der Waals surface area contributed by atoms with Crippen LogP contribution in [0.1, 0.15) is 16.7 Å². The third kappa shape index (κ3) is 2.92. The first-order chi connectivity index (χ1) is 15.7. The second-order valence-electron chi connectivity index (χ2n) is 8.13. The maximum absolute atomic E-state index is 14.1. The average molecular weight is 468 g/mol. The fourth-order valence-electron chi connectivity index (χ4n) is 4.67. The van der Waals surface area contributed by atoms with E-state index in [1.54, 1.807) is 18.2 Å². The Hall–Kier alpha value is -3.59. The predicted octanol–water partition coefficient (Wildman–Crippen LogP) is 3.43. The lowest BCUT2D eigenvalue weighted by Crippen LogP contribution is -2.54. The van der Waals surface area contributed by atoms with E-state index in [4.69, 9.17) is 0 Å². The Labute approximate surface area is 189 Å². The van der Waals surface area contributed by atoms with Crippen LogP contribution >= 0.6 is 0 Å². The van der Waals surface area contributed by atoms with Crippen LogP contribution in [0.4, 0.5) is 20.2 Å². The topological polar surface area (TPSA) is 74.8 Å². The molecule has 3 aromatic rings. The molecule has 33 heavy (non-hydrogen) atoms. The Morgan fingerprint density at radius 2 is 1.70 bits per heavy atom. The van der Waals surface area contributed by atoms with Crippen LogP contribution in [0, 0.1) is 18.6 Å². The molecule has 0 radical (unpaired) electrons. The van der Waals surface area contributed by atoms with E-state index in [1.165, 1.54) is 11.0 Å². The van der Waals surface area contributed by atoms with Gasteiger partial charge in [-0.05, 0) is 30.7 Å². The molecule has 0 saturated carbocycles. The van der Waals surface area contributed by atoms with Crippen molar-refractivity contribution < 1.29 is 26.8 Å². The Balaban J connectivity index is 1.74. The number of sulfone groups is 1. The van der Waals surface area contributed by atoms with E-state index < -0.39 is 43.9 Å². The number of anilines is 2. The average Bonchev–Trinajstić information content (AvgIpc) is 3.13. The SMILES string of the molecule is Cc1cccc(CN2C(=O)C3(c4ccccc42)N(c2ccc(F)c(F)c2)C(=O)CS3(=O)=O)c1. The van der Waals surface area contributed by atoms with E-state index in [2.05, 4.69) is 0 Å². The zero-order chi connectivity index (χ0) is 23.5. The third-order valence-corrected chi connectivity index (χ3v) is 8.11. The van der Waals surface area contributed by atoms with E-state index in [0.717, 1.165) is 34.2 Å². The highest BCUT2D eigenvalue weighted by atomic mass is 32.2. The molecule has 0 bridgehead atoms. The normalized spacial score (nSPS) is 21.2.